The molecule has 0 radical (unpaired) electrons. The van der Waals surface area contributed by atoms with Gasteiger partial charge in [0.1, 0.15) is 5.82 Å². The number of fused-ring (bicyclic) bond motifs is 1. The molecule has 4 nitrogen and oxygen atoms in total. The lowest BCUT2D eigenvalue weighted by molar-refractivity contribution is 0.186. The summed E-state index contributed by atoms with van der Waals surface area (Å²) in [6.45, 7) is 2.74. The van der Waals surface area contributed by atoms with Gasteiger partial charge in [0.25, 0.3) is 0 Å². The summed E-state index contributed by atoms with van der Waals surface area (Å²) in [4.78, 5) is 11.2. The zero-order chi connectivity index (χ0) is 12.4. The van der Waals surface area contributed by atoms with Crippen LogP contribution >= 0.6 is 0 Å². The summed E-state index contributed by atoms with van der Waals surface area (Å²) in [6.07, 6.45) is 2.99. The maximum atomic E-state index is 5.40. The Balaban J connectivity index is 1.80. The summed E-state index contributed by atoms with van der Waals surface area (Å²) < 4.78 is 5.40. The summed E-state index contributed by atoms with van der Waals surface area (Å²) in [5, 5.41) is 0. The van der Waals surface area contributed by atoms with E-state index in [2.05, 4.69) is 21.9 Å². The minimum absolute atomic E-state index is 0.614. The third-order valence-electron chi connectivity index (χ3n) is 3.38. The van der Waals surface area contributed by atoms with E-state index in [1.165, 1.54) is 0 Å². The smallest absolute Gasteiger partial charge is 0.147 e. The molecule has 0 N–H and O–H groups in total. The first-order chi connectivity index (χ1) is 8.83. The molecule has 0 unspecified atom stereocenters. The van der Waals surface area contributed by atoms with E-state index in [0.29, 0.717) is 5.92 Å². The van der Waals surface area contributed by atoms with E-state index in [4.69, 9.17) is 4.74 Å². The average Bonchev–Trinajstić information content (AvgIpc) is 2.91. The first-order valence-corrected chi connectivity index (χ1v) is 6.33. The molecule has 1 aliphatic rings. The Bertz CT molecular complexity index is 537. The van der Waals surface area contributed by atoms with E-state index in [1.54, 1.807) is 0 Å². The Kier molecular flexibility index (Phi) is 3.11. The number of ether oxygens (including phenoxy) is 1. The van der Waals surface area contributed by atoms with Crippen LogP contribution in [0.25, 0.3) is 11.0 Å². The van der Waals surface area contributed by atoms with E-state index in [9.17, 15) is 0 Å². The Morgan fingerprint density at radius 1 is 1.33 bits per heavy atom. The van der Waals surface area contributed by atoms with Gasteiger partial charge < -0.3 is 9.64 Å². The fourth-order valence-corrected chi connectivity index (χ4v) is 2.34. The number of aromatic nitrogens is 2. The standard InChI is InChI=1S/C14H17N3O/c1-17(9-11-6-7-18-10-11)14-8-15-12-4-2-3-5-13(12)16-14/h2-5,8,11H,6-7,9-10H2,1H3/t11-/m1/s1. The van der Waals surface area contributed by atoms with Crippen molar-refractivity contribution >= 4 is 16.9 Å². The highest BCUT2D eigenvalue weighted by Crippen LogP contribution is 2.18. The van der Waals surface area contributed by atoms with Crippen LogP contribution in [0.3, 0.4) is 0 Å². The van der Waals surface area contributed by atoms with Crippen molar-refractivity contribution in [3.05, 3.63) is 30.5 Å². The van der Waals surface area contributed by atoms with Crippen LogP contribution in [0.5, 0.6) is 0 Å². The molecule has 1 fully saturated rings. The molecule has 0 bridgehead atoms. The zero-order valence-electron chi connectivity index (χ0n) is 10.5. The van der Waals surface area contributed by atoms with Crippen molar-refractivity contribution in [1.29, 1.82) is 0 Å². The molecule has 18 heavy (non-hydrogen) atoms. The van der Waals surface area contributed by atoms with Crippen LogP contribution < -0.4 is 4.90 Å². The van der Waals surface area contributed by atoms with E-state index in [1.807, 2.05) is 30.5 Å². The number of anilines is 1. The predicted octanol–water partition coefficient (Wildman–Crippen LogP) is 2.10. The quantitative estimate of drug-likeness (QED) is 0.827. The van der Waals surface area contributed by atoms with Gasteiger partial charge in [-0.1, -0.05) is 12.1 Å². The molecule has 0 aliphatic carbocycles. The van der Waals surface area contributed by atoms with Gasteiger partial charge >= 0.3 is 0 Å². The number of para-hydroxylation sites is 2. The van der Waals surface area contributed by atoms with Gasteiger partial charge in [0, 0.05) is 26.1 Å². The van der Waals surface area contributed by atoms with Crippen LogP contribution in [0.15, 0.2) is 30.5 Å². The first kappa shape index (κ1) is 11.4. The highest BCUT2D eigenvalue weighted by Gasteiger charge is 2.18. The topological polar surface area (TPSA) is 38.2 Å². The summed E-state index contributed by atoms with van der Waals surface area (Å²) >= 11 is 0. The maximum Gasteiger partial charge on any atom is 0.147 e. The largest absolute Gasteiger partial charge is 0.381 e. The van der Waals surface area contributed by atoms with Crippen LogP contribution in [-0.2, 0) is 4.74 Å². The van der Waals surface area contributed by atoms with Crippen molar-refractivity contribution in [2.24, 2.45) is 5.92 Å². The molecule has 1 aliphatic heterocycles. The Morgan fingerprint density at radius 2 is 2.17 bits per heavy atom. The maximum absolute atomic E-state index is 5.40. The van der Waals surface area contributed by atoms with E-state index >= 15 is 0 Å². The van der Waals surface area contributed by atoms with Crippen molar-refractivity contribution in [1.82, 2.24) is 9.97 Å². The first-order valence-electron chi connectivity index (χ1n) is 6.33. The molecule has 94 valence electrons. The molecule has 4 heteroatoms. The van der Waals surface area contributed by atoms with Crippen LogP contribution in [-0.4, -0.2) is 36.8 Å². The molecule has 2 aromatic rings. The van der Waals surface area contributed by atoms with Gasteiger partial charge in [-0.05, 0) is 18.6 Å². The molecular weight excluding hydrogens is 226 g/mol. The third-order valence-corrected chi connectivity index (χ3v) is 3.38. The third kappa shape index (κ3) is 2.29. The summed E-state index contributed by atoms with van der Waals surface area (Å²) in [5.74, 6) is 1.55. The number of rotatable bonds is 3. The normalized spacial score (nSPS) is 19.3. The summed E-state index contributed by atoms with van der Waals surface area (Å²) in [5.41, 5.74) is 1.89. The SMILES string of the molecule is CN(C[C@H]1CCOC1)c1cnc2ccccc2n1. The minimum atomic E-state index is 0.614. The second kappa shape index (κ2) is 4.90. The van der Waals surface area contributed by atoms with E-state index in [0.717, 1.165) is 43.0 Å². The van der Waals surface area contributed by atoms with Crippen molar-refractivity contribution in [2.45, 2.75) is 6.42 Å². The van der Waals surface area contributed by atoms with Crippen molar-refractivity contribution in [3.63, 3.8) is 0 Å². The second-order valence-corrected chi connectivity index (χ2v) is 4.83. The highest BCUT2D eigenvalue weighted by molar-refractivity contribution is 5.75. The molecule has 2 heterocycles. The van der Waals surface area contributed by atoms with Crippen LogP contribution in [0.4, 0.5) is 5.82 Å². The molecule has 1 saturated heterocycles. The van der Waals surface area contributed by atoms with Gasteiger partial charge in [0.05, 0.1) is 23.8 Å². The highest BCUT2D eigenvalue weighted by atomic mass is 16.5. The van der Waals surface area contributed by atoms with Gasteiger partial charge in [0.2, 0.25) is 0 Å². The monoisotopic (exact) mass is 243 g/mol. The molecule has 1 atom stereocenters. The number of hydrogen-bond donors (Lipinski definition) is 0. The number of nitrogens with zero attached hydrogens (tertiary/aromatic N) is 3. The van der Waals surface area contributed by atoms with Crippen molar-refractivity contribution < 1.29 is 4.74 Å². The van der Waals surface area contributed by atoms with Crippen LogP contribution in [0, 0.1) is 5.92 Å². The molecular formula is C14H17N3O. The molecule has 3 rings (SSSR count). The van der Waals surface area contributed by atoms with E-state index in [-0.39, 0.29) is 0 Å². The predicted molar refractivity (Wildman–Crippen MR) is 71.7 cm³/mol. The van der Waals surface area contributed by atoms with Crippen molar-refractivity contribution in [3.8, 4) is 0 Å². The summed E-state index contributed by atoms with van der Waals surface area (Å²) in [6, 6.07) is 7.96. The van der Waals surface area contributed by atoms with Crippen LogP contribution in [0.2, 0.25) is 0 Å². The average molecular weight is 243 g/mol. The summed E-state index contributed by atoms with van der Waals surface area (Å²) in [7, 11) is 2.07. The minimum Gasteiger partial charge on any atom is -0.381 e. The number of hydrogen-bond acceptors (Lipinski definition) is 4. The van der Waals surface area contributed by atoms with Crippen molar-refractivity contribution in [2.75, 3.05) is 31.7 Å². The molecule has 0 amide bonds. The molecule has 0 saturated carbocycles. The lowest BCUT2D eigenvalue weighted by Crippen LogP contribution is -2.26. The fourth-order valence-electron chi connectivity index (χ4n) is 2.34. The van der Waals surface area contributed by atoms with Gasteiger partial charge in [-0.25, -0.2) is 4.98 Å². The lowest BCUT2D eigenvalue weighted by atomic mass is 10.1. The zero-order valence-corrected chi connectivity index (χ0v) is 10.5. The Labute approximate surface area is 107 Å². The molecule has 0 spiro atoms. The second-order valence-electron chi connectivity index (χ2n) is 4.83. The Morgan fingerprint density at radius 3 is 2.94 bits per heavy atom. The fraction of sp³-hybridized carbons (Fsp3) is 0.429. The van der Waals surface area contributed by atoms with Gasteiger partial charge in [-0.15, -0.1) is 0 Å². The number of benzene rings is 1. The van der Waals surface area contributed by atoms with Gasteiger partial charge in [-0.3, -0.25) is 4.98 Å². The van der Waals surface area contributed by atoms with E-state index < -0.39 is 0 Å². The Hall–Kier alpha value is -1.68. The van der Waals surface area contributed by atoms with Crippen LogP contribution in [0.1, 0.15) is 6.42 Å². The molecule has 1 aromatic heterocycles. The lowest BCUT2D eigenvalue weighted by Gasteiger charge is -2.21. The van der Waals surface area contributed by atoms with Gasteiger partial charge in [-0.2, -0.15) is 0 Å². The van der Waals surface area contributed by atoms with Gasteiger partial charge in [0.15, 0.2) is 0 Å². The molecule has 1 aromatic carbocycles.